The van der Waals surface area contributed by atoms with Crippen molar-refractivity contribution in [3.05, 3.63) is 76.3 Å². The standard InChI is InChI=1S/C22H21N5O2.ClH/c1-26(13-16-10-15-5-3-4-6-19(15)27(16)2)21(29)8-7-14-9-17-18(23)11-20(28)25-22(17)24-12-14;/h3-12H,13H2,1-2H3,(H3,23,24,25,28);1H/b8-7+;. The van der Waals surface area contributed by atoms with Gasteiger partial charge in [0.1, 0.15) is 5.65 Å². The molecule has 0 aliphatic carbocycles. The summed E-state index contributed by atoms with van der Waals surface area (Å²) in [5.41, 5.74) is 9.30. The number of para-hydroxylation sites is 1. The molecule has 3 aromatic heterocycles. The third-order valence-corrected chi connectivity index (χ3v) is 4.99. The van der Waals surface area contributed by atoms with E-state index in [1.54, 1.807) is 30.3 Å². The molecule has 0 atom stereocenters. The zero-order chi connectivity index (χ0) is 20.5. The Morgan fingerprint density at radius 2 is 2.03 bits per heavy atom. The molecule has 7 nitrogen and oxygen atoms in total. The molecule has 30 heavy (non-hydrogen) atoms. The fraction of sp³-hybridized carbons (Fsp3) is 0.136. The largest absolute Gasteiger partial charge is 0.398 e. The van der Waals surface area contributed by atoms with E-state index in [1.807, 2.05) is 19.2 Å². The molecule has 0 saturated carbocycles. The van der Waals surface area contributed by atoms with E-state index in [4.69, 9.17) is 5.73 Å². The quantitative estimate of drug-likeness (QED) is 0.493. The average molecular weight is 424 g/mol. The molecule has 154 valence electrons. The van der Waals surface area contributed by atoms with Gasteiger partial charge in [-0.25, -0.2) is 4.98 Å². The number of anilines is 1. The number of carbonyl (C=O) groups is 1. The molecule has 4 rings (SSSR count). The van der Waals surface area contributed by atoms with Gasteiger partial charge in [0, 0.05) is 54.7 Å². The minimum absolute atomic E-state index is 0. The number of nitrogens with two attached hydrogens (primary N) is 1. The number of carbonyl (C=O) groups excluding carboxylic acids is 1. The third kappa shape index (κ3) is 4.06. The topological polar surface area (TPSA) is 97.0 Å². The molecular formula is C22H22ClN5O2. The van der Waals surface area contributed by atoms with Gasteiger partial charge in [-0.3, -0.25) is 9.59 Å². The molecule has 1 aromatic carbocycles. The van der Waals surface area contributed by atoms with E-state index >= 15 is 0 Å². The van der Waals surface area contributed by atoms with Crippen molar-refractivity contribution in [1.82, 2.24) is 19.4 Å². The summed E-state index contributed by atoms with van der Waals surface area (Å²) in [6.07, 6.45) is 4.79. The maximum atomic E-state index is 12.6. The summed E-state index contributed by atoms with van der Waals surface area (Å²) in [7, 11) is 3.77. The van der Waals surface area contributed by atoms with E-state index in [9.17, 15) is 9.59 Å². The van der Waals surface area contributed by atoms with Gasteiger partial charge in [0.2, 0.25) is 5.91 Å². The number of aryl methyl sites for hydroxylation is 1. The second-order valence-corrected chi connectivity index (χ2v) is 7.03. The van der Waals surface area contributed by atoms with Gasteiger partial charge in [-0.15, -0.1) is 12.4 Å². The SMILES string of the molecule is CN(Cc1cc2ccccc2n1C)C(=O)/C=C/c1cnc2[nH]c(=O)cc(N)c2c1.Cl. The number of H-pyrrole nitrogens is 1. The van der Waals surface area contributed by atoms with Gasteiger partial charge in [0.25, 0.3) is 5.56 Å². The van der Waals surface area contributed by atoms with Crippen molar-refractivity contribution in [1.29, 1.82) is 0 Å². The number of hydrogen-bond donors (Lipinski definition) is 2. The molecule has 0 aliphatic rings. The number of amides is 1. The summed E-state index contributed by atoms with van der Waals surface area (Å²) < 4.78 is 2.10. The highest BCUT2D eigenvalue weighted by atomic mass is 35.5. The maximum absolute atomic E-state index is 12.6. The number of nitrogens with one attached hydrogen (secondary N) is 1. The number of benzene rings is 1. The number of aromatic nitrogens is 3. The number of rotatable bonds is 4. The molecule has 0 radical (unpaired) electrons. The highest BCUT2D eigenvalue weighted by Gasteiger charge is 2.11. The number of nitrogen functional groups attached to an aromatic ring is 1. The fourth-order valence-corrected chi connectivity index (χ4v) is 3.38. The Balaban J connectivity index is 0.00000256. The van der Waals surface area contributed by atoms with Crippen molar-refractivity contribution < 1.29 is 4.79 Å². The molecule has 8 heteroatoms. The van der Waals surface area contributed by atoms with Crippen LogP contribution in [-0.4, -0.2) is 32.4 Å². The van der Waals surface area contributed by atoms with Gasteiger partial charge in [0.05, 0.1) is 6.54 Å². The summed E-state index contributed by atoms with van der Waals surface area (Å²) in [4.78, 5) is 32.5. The number of likely N-dealkylation sites (N-methyl/N-ethyl adjacent to an activating group) is 1. The average Bonchev–Trinajstić information content (AvgIpc) is 3.02. The first-order valence-corrected chi connectivity index (χ1v) is 9.17. The second kappa shape index (κ2) is 8.42. The summed E-state index contributed by atoms with van der Waals surface area (Å²) in [5.74, 6) is -0.121. The van der Waals surface area contributed by atoms with E-state index in [2.05, 4.69) is 32.7 Å². The predicted octanol–water partition coefficient (Wildman–Crippen LogP) is 3.09. The minimum atomic E-state index is -0.295. The van der Waals surface area contributed by atoms with E-state index in [0.717, 1.165) is 22.2 Å². The first-order valence-electron chi connectivity index (χ1n) is 9.17. The van der Waals surface area contributed by atoms with Crippen LogP contribution < -0.4 is 11.3 Å². The van der Waals surface area contributed by atoms with Crippen LogP contribution in [0.15, 0.2) is 59.5 Å². The van der Waals surface area contributed by atoms with Crippen LogP contribution in [0.25, 0.3) is 28.0 Å². The lowest BCUT2D eigenvalue weighted by molar-refractivity contribution is -0.125. The van der Waals surface area contributed by atoms with Crippen LogP contribution in [0.4, 0.5) is 5.69 Å². The van der Waals surface area contributed by atoms with Gasteiger partial charge in [-0.05, 0) is 35.2 Å². The minimum Gasteiger partial charge on any atom is -0.398 e. The van der Waals surface area contributed by atoms with Crippen LogP contribution in [-0.2, 0) is 18.4 Å². The molecule has 3 N–H and O–H groups in total. The molecule has 0 bridgehead atoms. The van der Waals surface area contributed by atoms with Crippen LogP contribution in [0.3, 0.4) is 0 Å². The number of aromatic amines is 1. The monoisotopic (exact) mass is 423 g/mol. The molecule has 0 aliphatic heterocycles. The summed E-state index contributed by atoms with van der Waals surface area (Å²) in [6, 6.07) is 13.3. The Hall–Kier alpha value is -3.58. The number of fused-ring (bicyclic) bond motifs is 2. The predicted molar refractivity (Wildman–Crippen MR) is 122 cm³/mol. The number of pyridine rings is 2. The first-order chi connectivity index (χ1) is 13.9. The molecule has 0 unspecified atom stereocenters. The third-order valence-electron chi connectivity index (χ3n) is 4.99. The van der Waals surface area contributed by atoms with Crippen molar-refractivity contribution >= 4 is 52.0 Å². The van der Waals surface area contributed by atoms with Crippen LogP contribution in [0.1, 0.15) is 11.3 Å². The molecule has 0 saturated heterocycles. The van der Waals surface area contributed by atoms with Crippen molar-refractivity contribution in [2.75, 3.05) is 12.8 Å². The van der Waals surface area contributed by atoms with Gasteiger partial charge in [-0.2, -0.15) is 0 Å². The van der Waals surface area contributed by atoms with Crippen LogP contribution in [0.5, 0.6) is 0 Å². The first kappa shape index (κ1) is 21.1. The summed E-state index contributed by atoms with van der Waals surface area (Å²) in [6.45, 7) is 0.499. The normalized spacial score (nSPS) is 11.1. The van der Waals surface area contributed by atoms with Gasteiger partial charge < -0.3 is 20.2 Å². The van der Waals surface area contributed by atoms with E-state index < -0.39 is 0 Å². The van der Waals surface area contributed by atoms with Crippen molar-refractivity contribution in [2.45, 2.75) is 6.54 Å². The lowest BCUT2D eigenvalue weighted by Crippen LogP contribution is -2.25. The van der Waals surface area contributed by atoms with Gasteiger partial charge >= 0.3 is 0 Å². The second-order valence-electron chi connectivity index (χ2n) is 7.03. The van der Waals surface area contributed by atoms with Crippen molar-refractivity contribution in [2.24, 2.45) is 7.05 Å². The fourth-order valence-electron chi connectivity index (χ4n) is 3.38. The highest BCUT2D eigenvalue weighted by Crippen LogP contribution is 2.20. The molecule has 4 aromatic rings. The number of hydrogen-bond acceptors (Lipinski definition) is 4. The summed E-state index contributed by atoms with van der Waals surface area (Å²) >= 11 is 0. The van der Waals surface area contributed by atoms with Crippen LogP contribution in [0.2, 0.25) is 0 Å². The summed E-state index contributed by atoms with van der Waals surface area (Å²) in [5, 5.41) is 1.79. The molecule has 0 fully saturated rings. The van der Waals surface area contributed by atoms with Crippen molar-refractivity contribution in [3.8, 4) is 0 Å². The zero-order valence-corrected chi connectivity index (χ0v) is 17.4. The van der Waals surface area contributed by atoms with Crippen molar-refractivity contribution in [3.63, 3.8) is 0 Å². The smallest absolute Gasteiger partial charge is 0.251 e. The van der Waals surface area contributed by atoms with Crippen LogP contribution in [0, 0.1) is 0 Å². The molecule has 3 heterocycles. The Morgan fingerprint density at radius 3 is 2.80 bits per heavy atom. The van der Waals surface area contributed by atoms with E-state index in [0.29, 0.717) is 23.3 Å². The number of halogens is 1. The lowest BCUT2D eigenvalue weighted by Gasteiger charge is -2.15. The Labute approximate surface area is 179 Å². The Kier molecular flexibility index (Phi) is 5.94. The Bertz CT molecular complexity index is 1320. The molecule has 1 amide bonds. The highest BCUT2D eigenvalue weighted by molar-refractivity contribution is 5.93. The molecular weight excluding hydrogens is 402 g/mol. The van der Waals surface area contributed by atoms with Gasteiger partial charge in [-0.1, -0.05) is 18.2 Å². The van der Waals surface area contributed by atoms with Crippen LogP contribution >= 0.6 is 12.4 Å². The number of nitrogens with zero attached hydrogens (tertiary/aromatic N) is 3. The van der Waals surface area contributed by atoms with E-state index in [1.165, 1.54) is 12.1 Å². The van der Waals surface area contributed by atoms with Gasteiger partial charge in [0.15, 0.2) is 0 Å². The maximum Gasteiger partial charge on any atom is 0.251 e. The Morgan fingerprint density at radius 1 is 1.27 bits per heavy atom. The zero-order valence-electron chi connectivity index (χ0n) is 16.6. The van der Waals surface area contributed by atoms with E-state index in [-0.39, 0.29) is 23.9 Å². The lowest BCUT2D eigenvalue weighted by atomic mass is 10.2. The molecule has 0 spiro atoms.